The molecule has 2 heterocycles. The molecule has 0 saturated carbocycles. The first-order valence-electron chi connectivity index (χ1n) is 8.03. The average Bonchev–Trinajstić information content (AvgIpc) is 2.48. The van der Waals surface area contributed by atoms with E-state index in [2.05, 4.69) is 42.5 Å². The molecule has 22 heavy (non-hydrogen) atoms. The minimum absolute atomic E-state index is 0.138. The Balaban J connectivity index is 1.70. The predicted molar refractivity (Wildman–Crippen MR) is 90.7 cm³/mol. The number of hydrogen-bond acceptors (Lipinski definition) is 2. The SMILES string of the molecule is O=S1(=O)C2C=C(Cc3cccc4ccccc34)CC1CCC2. The fourth-order valence-corrected chi connectivity index (χ4v) is 6.28. The third kappa shape index (κ3) is 2.28. The van der Waals surface area contributed by atoms with Crippen molar-refractivity contribution in [2.24, 2.45) is 0 Å². The normalized spacial score (nSPS) is 26.6. The third-order valence-corrected chi connectivity index (χ3v) is 7.66. The highest BCUT2D eigenvalue weighted by molar-refractivity contribution is 7.92. The van der Waals surface area contributed by atoms with E-state index < -0.39 is 9.84 Å². The van der Waals surface area contributed by atoms with Gasteiger partial charge >= 0.3 is 0 Å². The Morgan fingerprint density at radius 3 is 2.68 bits per heavy atom. The second kappa shape index (κ2) is 5.24. The molecule has 2 unspecified atom stereocenters. The summed E-state index contributed by atoms with van der Waals surface area (Å²) in [6, 6.07) is 14.8. The van der Waals surface area contributed by atoms with Crippen molar-refractivity contribution in [2.45, 2.75) is 42.6 Å². The summed E-state index contributed by atoms with van der Waals surface area (Å²) in [4.78, 5) is 0. The first-order chi connectivity index (χ1) is 10.6. The molecule has 1 fully saturated rings. The molecule has 2 nitrogen and oxygen atoms in total. The Hall–Kier alpha value is -1.61. The van der Waals surface area contributed by atoms with Gasteiger partial charge in [0.1, 0.15) is 0 Å². The third-order valence-electron chi connectivity index (χ3n) is 5.11. The van der Waals surface area contributed by atoms with E-state index in [0.717, 1.165) is 32.1 Å². The van der Waals surface area contributed by atoms with Crippen molar-refractivity contribution < 1.29 is 8.42 Å². The number of fused-ring (bicyclic) bond motifs is 3. The molecular weight excluding hydrogens is 292 g/mol. The summed E-state index contributed by atoms with van der Waals surface area (Å²) in [5.74, 6) is 0. The Morgan fingerprint density at radius 1 is 1.00 bits per heavy atom. The van der Waals surface area contributed by atoms with Gasteiger partial charge < -0.3 is 0 Å². The van der Waals surface area contributed by atoms with Crippen LogP contribution in [0.15, 0.2) is 54.1 Å². The lowest BCUT2D eigenvalue weighted by molar-refractivity contribution is 0.507. The molecule has 0 spiro atoms. The molecule has 4 rings (SSSR count). The summed E-state index contributed by atoms with van der Waals surface area (Å²) in [5.41, 5.74) is 2.61. The van der Waals surface area contributed by atoms with Crippen LogP contribution >= 0.6 is 0 Å². The maximum absolute atomic E-state index is 12.4. The molecule has 1 saturated heterocycles. The van der Waals surface area contributed by atoms with Crippen molar-refractivity contribution in [2.75, 3.05) is 0 Å². The van der Waals surface area contributed by atoms with E-state index in [1.165, 1.54) is 21.9 Å². The molecule has 2 atom stereocenters. The van der Waals surface area contributed by atoms with Crippen LogP contribution in [0.1, 0.15) is 31.2 Å². The second-order valence-corrected chi connectivity index (χ2v) is 8.97. The van der Waals surface area contributed by atoms with Gasteiger partial charge in [-0.25, -0.2) is 8.42 Å². The van der Waals surface area contributed by atoms with Crippen molar-refractivity contribution in [3.8, 4) is 0 Å². The predicted octanol–water partition coefficient (Wildman–Crippen LogP) is 4.05. The molecule has 0 amide bonds. The fraction of sp³-hybridized carbons (Fsp3) is 0.368. The van der Waals surface area contributed by atoms with Crippen molar-refractivity contribution in [1.29, 1.82) is 0 Å². The highest BCUT2D eigenvalue weighted by Crippen LogP contribution is 2.37. The van der Waals surface area contributed by atoms with Crippen LogP contribution < -0.4 is 0 Å². The summed E-state index contributed by atoms with van der Waals surface area (Å²) in [6.07, 6.45) is 6.34. The first kappa shape index (κ1) is 14.0. The largest absolute Gasteiger partial charge is 0.228 e. The zero-order valence-corrected chi connectivity index (χ0v) is 13.4. The molecule has 2 bridgehead atoms. The molecule has 0 aliphatic carbocycles. The van der Waals surface area contributed by atoms with E-state index in [9.17, 15) is 8.42 Å². The zero-order chi connectivity index (χ0) is 15.2. The number of benzene rings is 2. The molecule has 3 heteroatoms. The fourth-order valence-electron chi connectivity index (χ4n) is 3.96. The van der Waals surface area contributed by atoms with Gasteiger partial charge in [-0.15, -0.1) is 0 Å². The van der Waals surface area contributed by atoms with Crippen LogP contribution in [0.5, 0.6) is 0 Å². The Bertz CT molecular complexity index is 843. The van der Waals surface area contributed by atoms with E-state index >= 15 is 0 Å². The van der Waals surface area contributed by atoms with Crippen LogP contribution in [0.3, 0.4) is 0 Å². The molecule has 0 N–H and O–H groups in total. The van der Waals surface area contributed by atoms with Crippen molar-refractivity contribution in [3.63, 3.8) is 0 Å². The molecule has 0 aromatic heterocycles. The van der Waals surface area contributed by atoms with Gasteiger partial charge in [0, 0.05) is 0 Å². The van der Waals surface area contributed by atoms with Crippen LogP contribution in [-0.4, -0.2) is 18.9 Å². The lowest BCUT2D eigenvalue weighted by atomic mass is 9.92. The van der Waals surface area contributed by atoms with Gasteiger partial charge in [0.2, 0.25) is 0 Å². The minimum atomic E-state index is -2.91. The van der Waals surface area contributed by atoms with Crippen molar-refractivity contribution >= 4 is 20.6 Å². The van der Waals surface area contributed by atoms with Gasteiger partial charge in [-0.3, -0.25) is 0 Å². The molecule has 2 aliphatic rings. The maximum atomic E-state index is 12.4. The molecule has 0 radical (unpaired) electrons. The quantitative estimate of drug-likeness (QED) is 0.784. The van der Waals surface area contributed by atoms with Crippen LogP contribution in [0.25, 0.3) is 10.8 Å². The summed E-state index contributed by atoms with van der Waals surface area (Å²) < 4.78 is 24.7. The average molecular weight is 312 g/mol. The summed E-state index contributed by atoms with van der Waals surface area (Å²) in [6.45, 7) is 0. The van der Waals surface area contributed by atoms with E-state index in [0.29, 0.717) is 0 Å². The van der Waals surface area contributed by atoms with Gasteiger partial charge in [-0.2, -0.15) is 0 Å². The molecular formula is C19H20O2S. The maximum Gasteiger partial charge on any atom is 0.159 e. The van der Waals surface area contributed by atoms with Gasteiger partial charge in [0.15, 0.2) is 9.84 Å². The van der Waals surface area contributed by atoms with E-state index in [1.807, 2.05) is 6.08 Å². The first-order valence-corrected chi connectivity index (χ1v) is 9.64. The number of allylic oxidation sites excluding steroid dienone is 1. The monoisotopic (exact) mass is 312 g/mol. The standard InChI is InChI=1S/C19H20O2S/c20-22(21)17-8-4-9-18(22)13-14(12-17)11-16-7-3-6-15-5-1-2-10-19(15)16/h1-3,5-7,10,12,17-18H,4,8-9,11,13H2. The van der Waals surface area contributed by atoms with E-state index in [4.69, 9.17) is 0 Å². The Kier molecular flexibility index (Phi) is 3.33. The van der Waals surface area contributed by atoms with E-state index in [-0.39, 0.29) is 10.5 Å². The topological polar surface area (TPSA) is 34.1 Å². The summed E-state index contributed by atoms with van der Waals surface area (Å²) in [5, 5.41) is 2.17. The summed E-state index contributed by atoms with van der Waals surface area (Å²) in [7, 11) is -2.91. The van der Waals surface area contributed by atoms with Gasteiger partial charge in [-0.1, -0.05) is 60.5 Å². The Labute approximate surface area is 131 Å². The van der Waals surface area contributed by atoms with Crippen LogP contribution in [0.4, 0.5) is 0 Å². The lowest BCUT2D eigenvalue weighted by Gasteiger charge is -2.33. The highest BCUT2D eigenvalue weighted by atomic mass is 32.2. The van der Waals surface area contributed by atoms with Crippen molar-refractivity contribution in [3.05, 3.63) is 59.7 Å². The lowest BCUT2D eigenvalue weighted by Crippen LogP contribution is -2.39. The Morgan fingerprint density at radius 2 is 1.82 bits per heavy atom. The molecule has 2 aromatic rings. The number of sulfone groups is 1. The molecule has 2 aliphatic heterocycles. The minimum Gasteiger partial charge on any atom is -0.228 e. The van der Waals surface area contributed by atoms with Gasteiger partial charge in [0.25, 0.3) is 0 Å². The summed E-state index contributed by atoms with van der Waals surface area (Å²) >= 11 is 0. The number of hydrogen-bond donors (Lipinski definition) is 0. The van der Waals surface area contributed by atoms with Crippen LogP contribution in [0.2, 0.25) is 0 Å². The van der Waals surface area contributed by atoms with Gasteiger partial charge in [0.05, 0.1) is 10.5 Å². The smallest absolute Gasteiger partial charge is 0.159 e. The molecule has 2 aromatic carbocycles. The highest BCUT2D eigenvalue weighted by Gasteiger charge is 2.40. The second-order valence-electron chi connectivity index (χ2n) is 6.52. The number of rotatable bonds is 2. The van der Waals surface area contributed by atoms with Crippen molar-refractivity contribution in [1.82, 2.24) is 0 Å². The molecule has 114 valence electrons. The van der Waals surface area contributed by atoms with Crippen LogP contribution in [0, 0.1) is 0 Å². The van der Waals surface area contributed by atoms with Crippen LogP contribution in [-0.2, 0) is 16.3 Å². The van der Waals surface area contributed by atoms with Gasteiger partial charge in [-0.05, 0) is 42.0 Å². The van der Waals surface area contributed by atoms with E-state index in [1.54, 1.807) is 0 Å². The zero-order valence-electron chi connectivity index (χ0n) is 12.5.